The Labute approximate surface area is 142 Å². The molecule has 0 spiro atoms. The monoisotopic (exact) mass is 350 g/mol. The predicted molar refractivity (Wildman–Crippen MR) is 92.1 cm³/mol. The Morgan fingerprint density at radius 1 is 1.32 bits per heavy atom. The number of halogens is 1. The highest BCUT2D eigenvalue weighted by Crippen LogP contribution is 2.30. The minimum absolute atomic E-state index is 0.452. The lowest BCUT2D eigenvalue weighted by molar-refractivity contribution is 0.817. The molecule has 4 nitrogen and oxygen atoms in total. The average Bonchev–Trinajstić information content (AvgIpc) is 3.13. The van der Waals surface area contributed by atoms with E-state index in [1.54, 1.807) is 11.8 Å². The Bertz CT molecular complexity index is 766. The first-order valence-electron chi connectivity index (χ1n) is 6.89. The second kappa shape index (κ2) is 6.81. The van der Waals surface area contributed by atoms with Gasteiger partial charge >= 0.3 is 0 Å². The van der Waals surface area contributed by atoms with Crippen molar-refractivity contribution in [1.82, 2.24) is 19.1 Å². The molecule has 0 atom stereocenters. The van der Waals surface area contributed by atoms with Crippen molar-refractivity contribution in [3.05, 3.63) is 52.3 Å². The van der Waals surface area contributed by atoms with E-state index in [0.29, 0.717) is 16.0 Å². The summed E-state index contributed by atoms with van der Waals surface area (Å²) in [4.78, 5) is 4.46. The molecule has 0 saturated heterocycles. The summed E-state index contributed by atoms with van der Waals surface area (Å²) < 4.78 is 6.62. The fourth-order valence-electron chi connectivity index (χ4n) is 2.19. The normalized spacial score (nSPS) is 11.3. The number of nitrogens with zero attached hydrogens (tertiary/aromatic N) is 4. The second-order valence-corrected chi connectivity index (χ2v) is 7.37. The second-order valence-electron chi connectivity index (χ2n) is 5.08. The van der Waals surface area contributed by atoms with Crippen molar-refractivity contribution in [3.63, 3.8) is 0 Å². The third-order valence-electron chi connectivity index (χ3n) is 3.27. The zero-order valence-corrected chi connectivity index (χ0v) is 14.6. The van der Waals surface area contributed by atoms with Gasteiger partial charge in [-0.1, -0.05) is 59.9 Å². The highest BCUT2D eigenvalue weighted by Gasteiger charge is 2.13. The Kier molecular flexibility index (Phi) is 4.81. The zero-order chi connectivity index (χ0) is 15.5. The summed E-state index contributed by atoms with van der Waals surface area (Å²) in [5.41, 5.74) is 3.28. The smallest absolute Gasteiger partial charge is 0.172 e. The quantitative estimate of drug-likeness (QED) is 0.620. The standard InChI is InChI=1S/C15H15ClN4S2/c1-10(2)11-5-3-4-6-13(11)20-8-7-17-15(20)21-9-12-14(16)22-19-18-12/h3-8,10H,9H2,1-2H3. The van der Waals surface area contributed by atoms with Crippen LogP contribution in [0.1, 0.15) is 31.0 Å². The molecule has 0 unspecified atom stereocenters. The molecule has 0 aliphatic rings. The first-order chi connectivity index (χ1) is 10.7. The van der Waals surface area contributed by atoms with Crippen LogP contribution < -0.4 is 0 Å². The SMILES string of the molecule is CC(C)c1ccccc1-n1ccnc1SCc1nnsc1Cl. The molecule has 2 heterocycles. The van der Waals surface area contributed by atoms with Crippen LogP contribution in [-0.4, -0.2) is 19.1 Å². The van der Waals surface area contributed by atoms with E-state index in [1.165, 1.54) is 22.8 Å². The van der Waals surface area contributed by atoms with Crippen molar-refractivity contribution in [2.24, 2.45) is 0 Å². The Morgan fingerprint density at radius 3 is 2.86 bits per heavy atom. The molecule has 7 heteroatoms. The first-order valence-corrected chi connectivity index (χ1v) is 9.02. The topological polar surface area (TPSA) is 43.6 Å². The minimum atomic E-state index is 0.452. The molecule has 114 valence electrons. The van der Waals surface area contributed by atoms with Crippen molar-refractivity contribution in [2.45, 2.75) is 30.7 Å². The lowest BCUT2D eigenvalue weighted by Gasteiger charge is -2.15. The Balaban J connectivity index is 1.88. The summed E-state index contributed by atoms with van der Waals surface area (Å²) in [6, 6.07) is 8.41. The molecule has 0 saturated carbocycles. The van der Waals surface area contributed by atoms with Crippen molar-refractivity contribution in [3.8, 4) is 5.69 Å². The predicted octanol–water partition coefficient (Wildman–Crippen LogP) is 4.79. The Morgan fingerprint density at radius 2 is 2.14 bits per heavy atom. The molecule has 1 aromatic carbocycles. The largest absolute Gasteiger partial charge is 0.295 e. The summed E-state index contributed by atoms with van der Waals surface area (Å²) in [5.74, 6) is 1.12. The van der Waals surface area contributed by atoms with Crippen molar-refractivity contribution < 1.29 is 0 Å². The van der Waals surface area contributed by atoms with E-state index in [0.717, 1.165) is 10.9 Å². The van der Waals surface area contributed by atoms with Gasteiger partial charge in [0.25, 0.3) is 0 Å². The van der Waals surface area contributed by atoms with Gasteiger partial charge in [0.15, 0.2) is 5.16 Å². The molecule has 0 amide bonds. The van der Waals surface area contributed by atoms with Crippen LogP contribution in [0.3, 0.4) is 0 Å². The Hall–Kier alpha value is -1.37. The van der Waals surface area contributed by atoms with Gasteiger partial charge in [-0.2, -0.15) is 0 Å². The van der Waals surface area contributed by atoms with Crippen molar-refractivity contribution in [2.75, 3.05) is 0 Å². The van der Waals surface area contributed by atoms with Gasteiger partial charge < -0.3 is 0 Å². The van der Waals surface area contributed by atoms with E-state index in [-0.39, 0.29) is 0 Å². The van der Waals surface area contributed by atoms with Crippen LogP contribution >= 0.6 is 34.9 Å². The highest BCUT2D eigenvalue weighted by molar-refractivity contribution is 7.98. The van der Waals surface area contributed by atoms with Crippen molar-refractivity contribution >= 4 is 34.9 Å². The van der Waals surface area contributed by atoms with Crippen molar-refractivity contribution in [1.29, 1.82) is 0 Å². The lowest BCUT2D eigenvalue weighted by Crippen LogP contribution is -2.01. The number of hydrogen-bond acceptors (Lipinski definition) is 5. The van der Waals surface area contributed by atoms with Crippen LogP contribution in [0, 0.1) is 0 Å². The number of aromatic nitrogens is 4. The number of rotatable bonds is 5. The molecule has 2 aromatic heterocycles. The van der Waals surface area contributed by atoms with E-state index in [1.807, 2.05) is 12.4 Å². The fraction of sp³-hybridized carbons (Fsp3) is 0.267. The molecule has 22 heavy (non-hydrogen) atoms. The van der Waals surface area contributed by atoms with Crippen LogP contribution in [0.15, 0.2) is 41.8 Å². The summed E-state index contributed by atoms with van der Waals surface area (Å²) in [5, 5.41) is 4.97. The van der Waals surface area contributed by atoms with Gasteiger partial charge in [-0.3, -0.25) is 4.57 Å². The molecule has 3 rings (SSSR count). The van der Waals surface area contributed by atoms with Gasteiger partial charge in [-0.05, 0) is 17.5 Å². The summed E-state index contributed by atoms with van der Waals surface area (Å²) in [6.45, 7) is 4.40. The van der Waals surface area contributed by atoms with Crippen LogP contribution in [0.25, 0.3) is 5.69 Å². The first kappa shape index (κ1) is 15.5. The molecule has 0 radical (unpaired) electrons. The minimum Gasteiger partial charge on any atom is -0.295 e. The fourth-order valence-corrected chi connectivity index (χ4v) is 3.89. The van der Waals surface area contributed by atoms with Gasteiger partial charge in [0, 0.05) is 29.7 Å². The molecular weight excluding hydrogens is 336 g/mol. The number of imidazole rings is 1. The van der Waals surface area contributed by atoms with Gasteiger partial charge in [0.2, 0.25) is 0 Å². The maximum atomic E-state index is 6.06. The van der Waals surface area contributed by atoms with Crippen LogP contribution in [0.4, 0.5) is 0 Å². The molecule has 0 bridgehead atoms. The van der Waals surface area contributed by atoms with Crippen LogP contribution in [-0.2, 0) is 5.75 Å². The van der Waals surface area contributed by atoms with Gasteiger partial charge in [0.1, 0.15) is 10.0 Å². The van der Waals surface area contributed by atoms with E-state index < -0.39 is 0 Å². The van der Waals surface area contributed by atoms with E-state index in [4.69, 9.17) is 11.6 Å². The summed E-state index contributed by atoms with van der Waals surface area (Å²) in [6.07, 6.45) is 3.81. The molecule has 0 aliphatic heterocycles. The van der Waals surface area contributed by atoms with Gasteiger partial charge in [-0.15, -0.1) is 5.10 Å². The number of thioether (sulfide) groups is 1. The number of hydrogen-bond donors (Lipinski definition) is 0. The van der Waals surface area contributed by atoms with E-state index in [2.05, 4.69) is 57.3 Å². The maximum absolute atomic E-state index is 6.06. The lowest BCUT2D eigenvalue weighted by atomic mass is 10.0. The molecular formula is C15H15ClN4S2. The zero-order valence-electron chi connectivity index (χ0n) is 12.2. The third kappa shape index (κ3) is 3.19. The summed E-state index contributed by atoms with van der Waals surface area (Å²) in [7, 11) is 0. The number of benzene rings is 1. The maximum Gasteiger partial charge on any atom is 0.172 e. The van der Waals surface area contributed by atoms with Gasteiger partial charge in [-0.25, -0.2) is 4.98 Å². The van der Waals surface area contributed by atoms with Crippen LogP contribution in [0.5, 0.6) is 0 Å². The highest BCUT2D eigenvalue weighted by atomic mass is 35.5. The van der Waals surface area contributed by atoms with E-state index in [9.17, 15) is 0 Å². The molecule has 3 aromatic rings. The van der Waals surface area contributed by atoms with E-state index >= 15 is 0 Å². The van der Waals surface area contributed by atoms with Gasteiger partial charge in [0.05, 0.1) is 5.69 Å². The summed E-state index contributed by atoms with van der Waals surface area (Å²) >= 11 is 8.88. The number of para-hydroxylation sites is 1. The third-order valence-corrected chi connectivity index (χ3v) is 5.23. The molecule has 0 N–H and O–H groups in total. The molecule has 0 aliphatic carbocycles. The van der Waals surface area contributed by atoms with Crippen LogP contribution in [0.2, 0.25) is 4.34 Å². The molecule has 0 fully saturated rings. The average molecular weight is 351 g/mol.